The molecule has 0 saturated heterocycles. The second-order valence-electron chi connectivity index (χ2n) is 1.38. The Kier molecular flexibility index (Phi) is 7.15. The number of nitrogens with two attached hydrogens (primary N) is 1. The summed E-state index contributed by atoms with van der Waals surface area (Å²) in [4.78, 5) is 0. The average Bonchev–Trinajstić information content (AvgIpc) is 1.81. The molecule has 0 unspecified atom stereocenters. The van der Waals surface area contributed by atoms with E-state index in [0.29, 0.717) is 0 Å². The molecule has 0 bridgehead atoms. The zero-order valence-electron chi connectivity index (χ0n) is 4.93. The molecule has 44 valence electrons. The molecule has 2 heteroatoms. The molecule has 0 saturated carbocycles. The van der Waals surface area contributed by atoms with Crippen LogP contribution in [0.3, 0.4) is 0 Å². The van der Waals surface area contributed by atoms with Gasteiger partial charge in [0.1, 0.15) is 0 Å². The van der Waals surface area contributed by atoms with Gasteiger partial charge in [0.25, 0.3) is 0 Å². The molecule has 0 fully saturated rings. The molecule has 0 aromatic carbocycles. The number of allylic oxidation sites excluding steroid dienone is 2. The van der Waals surface area contributed by atoms with Crippen LogP contribution in [0.25, 0.3) is 0 Å². The summed E-state index contributed by atoms with van der Waals surface area (Å²) >= 11 is -0.119. The van der Waals surface area contributed by atoms with Crippen LogP contribution in [-0.2, 0) is 0 Å². The summed E-state index contributed by atoms with van der Waals surface area (Å²) in [7, 11) is 0. The van der Waals surface area contributed by atoms with Gasteiger partial charge in [-0.2, -0.15) is 0 Å². The van der Waals surface area contributed by atoms with E-state index in [9.17, 15) is 0 Å². The topological polar surface area (TPSA) is 26.0 Å². The fraction of sp³-hybridized carbons (Fsp3) is 0.333. The average molecular weight is 216 g/mol. The minimum absolute atomic E-state index is 0.119. The third-order valence-corrected chi connectivity index (χ3v) is 3.83. The van der Waals surface area contributed by atoms with Crippen molar-refractivity contribution < 1.29 is 0 Å². The Labute approximate surface area is 60.9 Å². The molecule has 0 atom stereocenters. The van der Waals surface area contributed by atoms with E-state index in [0.717, 1.165) is 0 Å². The second-order valence-corrected chi connectivity index (χ2v) is 5.13. The van der Waals surface area contributed by atoms with Gasteiger partial charge in [-0.1, -0.05) is 0 Å². The summed E-state index contributed by atoms with van der Waals surface area (Å²) in [6, 6.07) is 0. The Hall–Kier alpha value is 0.0787. The molecule has 0 amide bonds. The van der Waals surface area contributed by atoms with Crippen LogP contribution in [0.15, 0.2) is 24.9 Å². The molecule has 0 rings (SSSR count). The first kappa shape index (κ1) is 8.08. The van der Waals surface area contributed by atoms with Crippen molar-refractivity contribution in [1.29, 1.82) is 0 Å². The van der Waals surface area contributed by atoms with E-state index in [2.05, 4.69) is 6.58 Å². The third-order valence-electron chi connectivity index (χ3n) is 0.687. The van der Waals surface area contributed by atoms with E-state index in [1.807, 2.05) is 12.2 Å². The van der Waals surface area contributed by atoms with Gasteiger partial charge < -0.3 is 0 Å². The van der Waals surface area contributed by atoms with Crippen molar-refractivity contribution in [2.75, 3.05) is 0 Å². The van der Waals surface area contributed by atoms with Crippen LogP contribution in [0.2, 0.25) is 8.87 Å². The first-order chi connectivity index (χ1) is 3.91. The molecule has 8 heavy (non-hydrogen) atoms. The minimum atomic E-state index is -0.119. The normalized spacial score (nSPS) is 10.0. The Balaban J connectivity index is 2.82. The standard InChI is InChI=1S/C3H6N.C3H5.Sn/c1-2-3-4;1-3-2;/h2-3H,1,4H2;3H,1-2H2;. The molecular weight excluding hydrogens is 205 g/mol. The molecule has 0 spiro atoms. The van der Waals surface area contributed by atoms with Gasteiger partial charge >= 0.3 is 60.7 Å². The van der Waals surface area contributed by atoms with Crippen LogP contribution in [0.5, 0.6) is 0 Å². The van der Waals surface area contributed by atoms with Gasteiger partial charge in [0.2, 0.25) is 0 Å². The third kappa shape index (κ3) is 6.08. The Morgan fingerprint density at radius 2 is 2.25 bits per heavy atom. The van der Waals surface area contributed by atoms with Crippen molar-refractivity contribution in [2.24, 2.45) is 5.73 Å². The summed E-state index contributed by atoms with van der Waals surface area (Å²) in [6.45, 7) is 3.65. The maximum atomic E-state index is 5.13. The van der Waals surface area contributed by atoms with Crippen LogP contribution in [0.4, 0.5) is 0 Å². The van der Waals surface area contributed by atoms with E-state index in [1.54, 1.807) is 6.20 Å². The molecule has 0 aliphatic rings. The van der Waals surface area contributed by atoms with Crippen molar-refractivity contribution in [3.63, 3.8) is 0 Å². The van der Waals surface area contributed by atoms with E-state index < -0.39 is 0 Å². The van der Waals surface area contributed by atoms with Gasteiger partial charge in [-0.05, 0) is 0 Å². The molecule has 0 heterocycles. The molecule has 0 aromatic heterocycles. The monoisotopic (exact) mass is 217 g/mol. The maximum absolute atomic E-state index is 5.13. The zero-order valence-corrected chi connectivity index (χ0v) is 7.78. The molecule has 2 radical (unpaired) electrons. The zero-order chi connectivity index (χ0) is 6.24. The summed E-state index contributed by atoms with van der Waals surface area (Å²) in [5.41, 5.74) is 5.13. The number of hydrogen-bond acceptors (Lipinski definition) is 1. The summed E-state index contributed by atoms with van der Waals surface area (Å²) in [5.74, 6) is 0. The van der Waals surface area contributed by atoms with Crippen LogP contribution < -0.4 is 5.73 Å². The Morgan fingerprint density at radius 3 is 2.75 bits per heavy atom. The van der Waals surface area contributed by atoms with E-state index in [1.165, 1.54) is 8.87 Å². The molecule has 2 N–H and O–H groups in total. The van der Waals surface area contributed by atoms with Crippen molar-refractivity contribution in [2.45, 2.75) is 8.87 Å². The number of hydrogen-bond donors (Lipinski definition) is 1. The van der Waals surface area contributed by atoms with Crippen LogP contribution in [0, 0.1) is 0 Å². The first-order valence-corrected chi connectivity index (χ1v) is 6.63. The van der Waals surface area contributed by atoms with Gasteiger partial charge in [0.15, 0.2) is 0 Å². The van der Waals surface area contributed by atoms with Crippen molar-refractivity contribution >= 4 is 21.1 Å². The van der Waals surface area contributed by atoms with Crippen molar-refractivity contribution in [3.05, 3.63) is 24.9 Å². The van der Waals surface area contributed by atoms with Crippen LogP contribution in [-0.4, -0.2) is 21.1 Å². The van der Waals surface area contributed by atoms with Crippen molar-refractivity contribution in [3.8, 4) is 0 Å². The van der Waals surface area contributed by atoms with Gasteiger partial charge in [0.05, 0.1) is 0 Å². The van der Waals surface area contributed by atoms with Crippen LogP contribution in [0.1, 0.15) is 0 Å². The number of rotatable bonds is 4. The summed E-state index contributed by atoms with van der Waals surface area (Å²) < 4.78 is 2.50. The van der Waals surface area contributed by atoms with Gasteiger partial charge in [-0.15, -0.1) is 0 Å². The first-order valence-electron chi connectivity index (χ1n) is 2.60. The molecule has 0 aliphatic heterocycles. The quantitative estimate of drug-likeness (QED) is 0.426. The fourth-order valence-electron chi connectivity index (χ4n) is 0.337. The molecule has 0 aromatic rings. The van der Waals surface area contributed by atoms with E-state index in [4.69, 9.17) is 5.73 Å². The van der Waals surface area contributed by atoms with Crippen LogP contribution >= 0.6 is 0 Å². The Bertz CT molecular complexity index is 78.6. The van der Waals surface area contributed by atoms with Gasteiger partial charge in [0, 0.05) is 0 Å². The molecule has 1 nitrogen and oxygen atoms in total. The predicted molar refractivity (Wildman–Crippen MR) is 38.9 cm³/mol. The summed E-state index contributed by atoms with van der Waals surface area (Å²) in [6.07, 6.45) is 5.66. The SMILES string of the molecule is C=C[CH2][Sn][CH2]C=CN. The predicted octanol–water partition coefficient (Wildman–Crippen LogP) is 1.19. The van der Waals surface area contributed by atoms with Gasteiger partial charge in [-0.25, -0.2) is 0 Å². The second kappa shape index (κ2) is 7.08. The Morgan fingerprint density at radius 1 is 1.50 bits per heavy atom. The van der Waals surface area contributed by atoms with E-state index in [-0.39, 0.29) is 21.1 Å². The van der Waals surface area contributed by atoms with Crippen molar-refractivity contribution in [1.82, 2.24) is 0 Å². The van der Waals surface area contributed by atoms with Gasteiger partial charge in [-0.3, -0.25) is 0 Å². The van der Waals surface area contributed by atoms with E-state index >= 15 is 0 Å². The summed E-state index contributed by atoms with van der Waals surface area (Å²) in [5, 5.41) is 0. The molecular formula is C6H11NSn. The molecule has 0 aliphatic carbocycles. The fourth-order valence-corrected chi connectivity index (χ4v) is 2.26.